The molecule has 8 nitrogen and oxygen atoms in total. The van der Waals surface area contributed by atoms with Gasteiger partial charge in [0.2, 0.25) is 0 Å². The van der Waals surface area contributed by atoms with Crippen LogP contribution in [-0.4, -0.2) is 84.3 Å². The van der Waals surface area contributed by atoms with Crippen molar-refractivity contribution in [2.75, 3.05) is 52.5 Å². The van der Waals surface area contributed by atoms with Crippen LogP contribution in [0.15, 0.2) is 36.5 Å². The molecule has 0 aliphatic carbocycles. The molecule has 0 radical (unpaired) electrons. The standard InChI is InChI=1S/C24H31N3O5/c1-3-31-22(28)17-27-14-12-26(13-15-27)11-6-16-32-21-9-4-7-19(18(21)2)20-8-5-10-25-23(20)24(29)30/h4-5,7-10H,3,6,11-17H2,1-2H3,(H,29,30). The fourth-order valence-electron chi connectivity index (χ4n) is 3.89. The predicted octanol–water partition coefficient (Wildman–Crippen LogP) is 2.70. The van der Waals surface area contributed by atoms with E-state index in [0.29, 0.717) is 25.3 Å². The zero-order valence-electron chi connectivity index (χ0n) is 18.7. The molecule has 0 spiro atoms. The SMILES string of the molecule is CCOC(=O)CN1CCN(CCCOc2cccc(-c3cccnc3C(=O)O)c2C)CC1. The predicted molar refractivity (Wildman–Crippen MR) is 121 cm³/mol. The first-order valence-corrected chi connectivity index (χ1v) is 11.0. The lowest BCUT2D eigenvalue weighted by Crippen LogP contribution is -2.48. The summed E-state index contributed by atoms with van der Waals surface area (Å²) in [5.74, 6) is -0.454. The molecule has 0 bridgehead atoms. The number of carboxylic acids is 1. The van der Waals surface area contributed by atoms with Crippen LogP contribution in [0.5, 0.6) is 5.75 Å². The van der Waals surface area contributed by atoms with Crippen molar-refractivity contribution in [1.82, 2.24) is 14.8 Å². The van der Waals surface area contributed by atoms with E-state index in [9.17, 15) is 14.7 Å². The zero-order valence-corrected chi connectivity index (χ0v) is 18.7. The zero-order chi connectivity index (χ0) is 22.9. The Kier molecular flexibility index (Phi) is 8.58. The summed E-state index contributed by atoms with van der Waals surface area (Å²) < 4.78 is 11.0. The van der Waals surface area contributed by atoms with Crippen LogP contribution in [0.1, 0.15) is 29.4 Å². The van der Waals surface area contributed by atoms with Crippen LogP contribution in [-0.2, 0) is 9.53 Å². The van der Waals surface area contributed by atoms with E-state index >= 15 is 0 Å². The minimum Gasteiger partial charge on any atom is -0.493 e. The third kappa shape index (κ3) is 6.27. The van der Waals surface area contributed by atoms with Crippen molar-refractivity contribution in [3.05, 3.63) is 47.8 Å². The first kappa shape index (κ1) is 23.7. The van der Waals surface area contributed by atoms with Crippen molar-refractivity contribution in [1.29, 1.82) is 0 Å². The summed E-state index contributed by atoms with van der Waals surface area (Å²) >= 11 is 0. The van der Waals surface area contributed by atoms with Gasteiger partial charge in [0.1, 0.15) is 5.75 Å². The molecule has 0 saturated carbocycles. The molecule has 32 heavy (non-hydrogen) atoms. The summed E-state index contributed by atoms with van der Waals surface area (Å²) in [6, 6.07) is 9.18. The number of carbonyl (C=O) groups excluding carboxylic acids is 1. The van der Waals surface area contributed by atoms with Crippen LogP contribution in [0, 0.1) is 6.92 Å². The van der Waals surface area contributed by atoms with E-state index in [1.54, 1.807) is 12.1 Å². The van der Waals surface area contributed by atoms with Crippen molar-refractivity contribution in [2.24, 2.45) is 0 Å². The van der Waals surface area contributed by atoms with E-state index in [0.717, 1.165) is 56.0 Å². The third-order valence-electron chi connectivity index (χ3n) is 5.58. The number of carbonyl (C=O) groups is 2. The van der Waals surface area contributed by atoms with E-state index < -0.39 is 5.97 Å². The maximum Gasteiger partial charge on any atom is 0.355 e. The van der Waals surface area contributed by atoms with Gasteiger partial charge in [-0.15, -0.1) is 0 Å². The van der Waals surface area contributed by atoms with Gasteiger partial charge >= 0.3 is 11.9 Å². The number of hydrogen-bond donors (Lipinski definition) is 1. The summed E-state index contributed by atoms with van der Waals surface area (Å²) in [4.78, 5) is 31.7. The molecule has 1 aliphatic rings. The van der Waals surface area contributed by atoms with Gasteiger partial charge in [0.15, 0.2) is 5.69 Å². The monoisotopic (exact) mass is 441 g/mol. The van der Waals surface area contributed by atoms with Crippen molar-refractivity contribution in [3.8, 4) is 16.9 Å². The summed E-state index contributed by atoms with van der Waals surface area (Å²) in [7, 11) is 0. The maximum atomic E-state index is 11.6. The molecule has 8 heteroatoms. The second kappa shape index (κ2) is 11.6. The quantitative estimate of drug-likeness (QED) is 0.445. The lowest BCUT2D eigenvalue weighted by molar-refractivity contribution is -0.144. The van der Waals surface area contributed by atoms with Gasteiger partial charge < -0.3 is 19.5 Å². The second-order valence-corrected chi connectivity index (χ2v) is 7.76. The van der Waals surface area contributed by atoms with E-state index in [4.69, 9.17) is 9.47 Å². The normalized spacial score (nSPS) is 14.8. The first-order chi connectivity index (χ1) is 15.5. The Morgan fingerprint density at radius 3 is 2.50 bits per heavy atom. The van der Waals surface area contributed by atoms with Crippen LogP contribution >= 0.6 is 0 Å². The number of piperazine rings is 1. The molecule has 2 aromatic rings. The van der Waals surface area contributed by atoms with Crippen molar-refractivity contribution >= 4 is 11.9 Å². The van der Waals surface area contributed by atoms with E-state index in [1.165, 1.54) is 6.20 Å². The average molecular weight is 442 g/mol. The Labute approximate surface area is 188 Å². The number of hydrogen-bond acceptors (Lipinski definition) is 7. The molecule has 1 N–H and O–H groups in total. The second-order valence-electron chi connectivity index (χ2n) is 7.76. The molecule has 1 aromatic carbocycles. The number of benzene rings is 1. The number of rotatable bonds is 10. The van der Waals surface area contributed by atoms with Gasteiger partial charge in [0.05, 0.1) is 19.8 Å². The molecular formula is C24H31N3O5. The minimum absolute atomic E-state index is 0.0369. The van der Waals surface area contributed by atoms with Gasteiger partial charge in [-0.1, -0.05) is 18.2 Å². The summed E-state index contributed by atoms with van der Waals surface area (Å²) in [6.45, 7) is 9.61. The number of aromatic nitrogens is 1. The summed E-state index contributed by atoms with van der Waals surface area (Å²) in [6.07, 6.45) is 2.37. The van der Waals surface area contributed by atoms with E-state index in [1.807, 2.05) is 32.0 Å². The lowest BCUT2D eigenvalue weighted by atomic mass is 9.98. The van der Waals surface area contributed by atoms with Gasteiger partial charge in [-0.25, -0.2) is 9.78 Å². The Bertz CT molecular complexity index is 926. The Morgan fingerprint density at radius 1 is 1.06 bits per heavy atom. The highest BCUT2D eigenvalue weighted by Gasteiger charge is 2.19. The molecule has 0 unspecified atom stereocenters. The molecule has 3 rings (SSSR count). The molecule has 0 atom stereocenters. The fraction of sp³-hybridized carbons (Fsp3) is 0.458. The molecule has 2 heterocycles. The van der Waals surface area contributed by atoms with Gasteiger partial charge in [-0.05, 0) is 43.5 Å². The lowest BCUT2D eigenvalue weighted by Gasteiger charge is -2.34. The molecule has 1 aromatic heterocycles. The Morgan fingerprint density at radius 2 is 1.78 bits per heavy atom. The highest BCUT2D eigenvalue weighted by Crippen LogP contribution is 2.31. The van der Waals surface area contributed by atoms with Crippen LogP contribution in [0.3, 0.4) is 0 Å². The van der Waals surface area contributed by atoms with Crippen LogP contribution in [0.25, 0.3) is 11.1 Å². The van der Waals surface area contributed by atoms with Crippen molar-refractivity contribution < 1.29 is 24.2 Å². The van der Waals surface area contributed by atoms with Gasteiger partial charge in [-0.2, -0.15) is 0 Å². The summed E-state index contributed by atoms with van der Waals surface area (Å²) in [5.41, 5.74) is 2.33. The van der Waals surface area contributed by atoms with Gasteiger partial charge in [0, 0.05) is 44.5 Å². The number of pyridine rings is 1. The maximum absolute atomic E-state index is 11.6. The average Bonchev–Trinajstić information content (AvgIpc) is 2.79. The fourth-order valence-corrected chi connectivity index (χ4v) is 3.89. The smallest absolute Gasteiger partial charge is 0.355 e. The van der Waals surface area contributed by atoms with Crippen LogP contribution in [0.2, 0.25) is 0 Å². The largest absolute Gasteiger partial charge is 0.493 e. The molecule has 1 fully saturated rings. The Hall–Kier alpha value is -2.97. The highest BCUT2D eigenvalue weighted by molar-refractivity contribution is 5.94. The molecular weight excluding hydrogens is 410 g/mol. The minimum atomic E-state index is -1.05. The highest BCUT2D eigenvalue weighted by atomic mass is 16.5. The van der Waals surface area contributed by atoms with Crippen molar-refractivity contribution in [3.63, 3.8) is 0 Å². The molecule has 1 aliphatic heterocycles. The Balaban J connectivity index is 1.48. The molecule has 1 saturated heterocycles. The number of aromatic carboxylic acids is 1. The number of nitrogens with zero attached hydrogens (tertiary/aromatic N) is 3. The number of carboxylic acid groups (broad SMARTS) is 1. The third-order valence-corrected chi connectivity index (χ3v) is 5.58. The first-order valence-electron chi connectivity index (χ1n) is 11.0. The topological polar surface area (TPSA) is 92.2 Å². The molecule has 0 amide bonds. The van der Waals surface area contributed by atoms with Crippen LogP contribution in [0.4, 0.5) is 0 Å². The number of ether oxygens (including phenoxy) is 2. The van der Waals surface area contributed by atoms with E-state index in [2.05, 4.69) is 14.8 Å². The van der Waals surface area contributed by atoms with Gasteiger partial charge in [0.25, 0.3) is 0 Å². The molecule has 172 valence electrons. The van der Waals surface area contributed by atoms with Crippen LogP contribution < -0.4 is 4.74 Å². The number of esters is 1. The van der Waals surface area contributed by atoms with Gasteiger partial charge in [-0.3, -0.25) is 9.69 Å². The summed E-state index contributed by atoms with van der Waals surface area (Å²) in [5, 5.41) is 9.44. The van der Waals surface area contributed by atoms with E-state index in [-0.39, 0.29) is 11.7 Å². The van der Waals surface area contributed by atoms with Crippen molar-refractivity contribution in [2.45, 2.75) is 20.3 Å².